The summed E-state index contributed by atoms with van der Waals surface area (Å²) in [6, 6.07) is 6.80. The molecule has 0 unspecified atom stereocenters. The van der Waals surface area contributed by atoms with E-state index in [1.807, 2.05) is 24.4 Å². The predicted octanol–water partition coefficient (Wildman–Crippen LogP) is 3.96. The van der Waals surface area contributed by atoms with Crippen LogP contribution in [0.2, 0.25) is 5.02 Å². The number of halogens is 1. The zero-order valence-electron chi connectivity index (χ0n) is 13.3. The van der Waals surface area contributed by atoms with Crippen LogP contribution < -0.4 is 11.1 Å². The molecule has 1 saturated carbocycles. The maximum absolute atomic E-state index is 6.42. The average molecular weight is 342 g/mol. The molecule has 0 bridgehead atoms. The van der Waals surface area contributed by atoms with Crippen LogP contribution in [0.3, 0.4) is 0 Å². The Bertz CT molecular complexity index is 851. The lowest BCUT2D eigenvalue weighted by atomic mass is 9.92. The van der Waals surface area contributed by atoms with Crippen LogP contribution in [0.25, 0.3) is 22.2 Å². The highest BCUT2D eigenvalue weighted by Gasteiger charge is 2.19. The molecule has 4 rings (SSSR count). The number of rotatable bonds is 3. The summed E-state index contributed by atoms with van der Waals surface area (Å²) in [6.45, 7) is 0. The lowest BCUT2D eigenvalue weighted by Gasteiger charge is -2.27. The highest BCUT2D eigenvalue weighted by Crippen LogP contribution is 2.34. The lowest BCUT2D eigenvalue weighted by molar-refractivity contribution is 0.410. The Hall–Kier alpha value is -2.11. The van der Waals surface area contributed by atoms with Crippen LogP contribution in [0, 0.1) is 0 Å². The maximum Gasteiger partial charge on any atom is 0.137 e. The number of nitrogens with two attached hydrogens (primary N) is 1. The summed E-state index contributed by atoms with van der Waals surface area (Å²) in [5.41, 5.74) is 8.86. The SMILES string of the molecule is NC1CCC(Nc2cc(-c3ccnc4[nH]ccc34)c(Cl)cn2)CC1. The molecule has 1 aliphatic carbocycles. The average Bonchev–Trinajstić information content (AvgIpc) is 3.07. The van der Waals surface area contributed by atoms with Gasteiger partial charge in [-0.25, -0.2) is 9.97 Å². The van der Waals surface area contributed by atoms with Gasteiger partial charge >= 0.3 is 0 Å². The molecule has 0 aromatic carbocycles. The van der Waals surface area contributed by atoms with Gasteiger partial charge in [0.25, 0.3) is 0 Å². The van der Waals surface area contributed by atoms with Crippen LogP contribution in [-0.2, 0) is 0 Å². The van der Waals surface area contributed by atoms with Crippen molar-refractivity contribution in [2.45, 2.75) is 37.8 Å². The van der Waals surface area contributed by atoms with Crippen molar-refractivity contribution >= 4 is 28.5 Å². The fraction of sp³-hybridized carbons (Fsp3) is 0.333. The van der Waals surface area contributed by atoms with Crippen molar-refractivity contribution in [3.8, 4) is 11.1 Å². The van der Waals surface area contributed by atoms with Gasteiger partial charge < -0.3 is 16.0 Å². The number of aromatic nitrogens is 3. The van der Waals surface area contributed by atoms with Gasteiger partial charge in [-0.3, -0.25) is 0 Å². The van der Waals surface area contributed by atoms with Gasteiger partial charge in [0.2, 0.25) is 0 Å². The van der Waals surface area contributed by atoms with E-state index in [2.05, 4.69) is 20.3 Å². The van der Waals surface area contributed by atoms with Gasteiger partial charge in [-0.15, -0.1) is 0 Å². The molecular formula is C18H20ClN5. The van der Waals surface area contributed by atoms with E-state index in [1.165, 1.54) is 0 Å². The summed E-state index contributed by atoms with van der Waals surface area (Å²) >= 11 is 6.42. The molecule has 1 fully saturated rings. The van der Waals surface area contributed by atoms with Crippen molar-refractivity contribution < 1.29 is 0 Å². The van der Waals surface area contributed by atoms with Gasteiger partial charge in [-0.2, -0.15) is 0 Å². The van der Waals surface area contributed by atoms with E-state index in [-0.39, 0.29) is 0 Å². The summed E-state index contributed by atoms with van der Waals surface area (Å²) in [6.07, 6.45) is 9.68. The molecule has 3 aromatic rings. The second-order valence-electron chi connectivity index (χ2n) is 6.40. The van der Waals surface area contributed by atoms with Crippen molar-refractivity contribution in [2.75, 3.05) is 5.32 Å². The van der Waals surface area contributed by atoms with Crippen molar-refractivity contribution in [1.82, 2.24) is 15.0 Å². The van der Waals surface area contributed by atoms with Crippen LogP contribution in [0.1, 0.15) is 25.7 Å². The van der Waals surface area contributed by atoms with Crippen LogP contribution in [0.5, 0.6) is 0 Å². The number of fused-ring (bicyclic) bond motifs is 1. The molecule has 0 atom stereocenters. The second-order valence-corrected chi connectivity index (χ2v) is 6.81. The quantitative estimate of drug-likeness (QED) is 0.673. The molecule has 0 spiro atoms. The minimum atomic E-state index is 0.343. The summed E-state index contributed by atoms with van der Waals surface area (Å²) in [5.74, 6) is 0.857. The van der Waals surface area contributed by atoms with Gasteiger partial charge in [0.15, 0.2) is 0 Å². The Kier molecular flexibility index (Phi) is 4.12. The largest absolute Gasteiger partial charge is 0.367 e. The van der Waals surface area contributed by atoms with E-state index < -0.39 is 0 Å². The number of hydrogen-bond acceptors (Lipinski definition) is 4. The Morgan fingerprint density at radius 1 is 1.12 bits per heavy atom. The van der Waals surface area contributed by atoms with E-state index in [4.69, 9.17) is 17.3 Å². The topological polar surface area (TPSA) is 79.6 Å². The van der Waals surface area contributed by atoms with E-state index in [0.29, 0.717) is 17.1 Å². The van der Waals surface area contributed by atoms with Gasteiger partial charge in [-0.1, -0.05) is 11.6 Å². The highest BCUT2D eigenvalue weighted by atomic mass is 35.5. The first-order valence-corrected chi connectivity index (χ1v) is 8.68. The molecule has 3 aromatic heterocycles. The first-order chi connectivity index (χ1) is 11.7. The van der Waals surface area contributed by atoms with Crippen LogP contribution in [0.15, 0.2) is 36.8 Å². The Morgan fingerprint density at radius 2 is 1.96 bits per heavy atom. The van der Waals surface area contributed by atoms with Gasteiger partial charge in [0.1, 0.15) is 11.5 Å². The van der Waals surface area contributed by atoms with Gasteiger partial charge in [0, 0.05) is 41.6 Å². The summed E-state index contributed by atoms with van der Waals surface area (Å²) < 4.78 is 0. The molecule has 1 aliphatic rings. The van der Waals surface area contributed by atoms with Crippen LogP contribution >= 0.6 is 11.6 Å². The van der Waals surface area contributed by atoms with Crippen molar-refractivity contribution in [2.24, 2.45) is 5.73 Å². The van der Waals surface area contributed by atoms with Crippen molar-refractivity contribution in [3.63, 3.8) is 0 Å². The first-order valence-electron chi connectivity index (χ1n) is 8.31. The summed E-state index contributed by atoms with van der Waals surface area (Å²) in [5, 5.41) is 5.23. The normalized spacial score (nSPS) is 21.1. The highest BCUT2D eigenvalue weighted by molar-refractivity contribution is 6.33. The van der Waals surface area contributed by atoms with E-state index >= 15 is 0 Å². The number of H-pyrrole nitrogens is 1. The minimum absolute atomic E-state index is 0.343. The van der Waals surface area contributed by atoms with Crippen LogP contribution in [-0.4, -0.2) is 27.0 Å². The van der Waals surface area contributed by atoms with Gasteiger partial charge in [0.05, 0.1) is 5.02 Å². The molecule has 124 valence electrons. The molecule has 0 amide bonds. The number of anilines is 1. The van der Waals surface area contributed by atoms with Crippen molar-refractivity contribution in [3.05, 3.63) is 41.8 Å². The molecule has 4 N–H and O–H groups in total. The number of hydrogen-bond donors (Lipinski definition) is 3. The van der Waals surface area contributed by atoms with Gasteiger partial charge in [-0.05, 0) is 49.4 Å². The number of pyridine rings is 2. The molecule has 6 heteroatoms. The molecular weight excluding hydrogens is 322 g/mol. The Labute approximate surface area is 145 Å². The zero-order valence-corrected chi connectivity index (χ0v) is 14.1. The monoisotopic (exact) mass is 341 g/mol. The van der Waals surface area contributed by atoms with Crippen LogP contribution in [0.4, 0.5) is 5.82 Å². The molecule has 0 aliphatic heterocycles. The van der Waals surface area contributed by atoms with E-state index in [9.17, 15) is 0 Å². The van der Waals surface area contributed by atoms with E-state index in [1.54, 1.807) is 12.4 Å². The summed E-state index contributed by atoms with van der Waals surface area (Å²) in [4.78, 5) is 11.9. The standard InChI is InChI=1S/C18H20ClN5/c19-16-10-23-17(24-12-3-1-11(20)2-4-12)9-15(16)13-5-7-21-18-14(13)6-8-22-18/h5-12H,1-4,20H2,(H,21,22)(H,23,24). The number of nitrogens with one attached hydrogen (secondary N) is 2. The maximum atomic E-state index is 6.42. The third kappa shape index (κ3) is 2.97. The first kappa shape index (κ1) is 15.4. The fourth-order valence-corrected chi connectivity index (χ4v) is 3.60. The fourth-order valence-electron chi connectivity index (χ4n) is 3.39. The minimum Gasteiger partial charge on any atom is -0.367 e. The summed E-state index contributed by atoms with van der Waals surface area (Å²) in [7, 11) is 0. The molecule has 3 heterocycles. The smallest absolute Gasteiger partial charge is 0.137 e. The second kappa shape index (κ2) is 6.42. The molecule has 0 radical (unpaired) electrons. The lowest BCUT2D eigenvalue weighted by Crippen LogP contribution is -2.33. The molecule has 0 saturated heterocycles. The Balaban J connectivity index is 1.65. The Morgan fingerprint density at radius 3 is 2.79 bits per heavy atom. The number of aromatic amines is 1. The number of nitrogens with zero attached hydrogens (tertiary/aromatic N) is 2. The zero-order chi connectivity index (χ0) is 16.5. The molecule has 5 nitrogen and oxygen atoms in total. The van der Waals surface area contributed by atoms with Crippen molar-refractivity contribution in [1.29, 1.82) is 0 Å². The molecule has 24 heavy (non-hydrogen) atoms. The third-order valence-corrected chi connectivity index (χ3v) is 5.03. The third-order valence-electron chi connectivity index (χ3n) is 4.73. The van der Waals surface area contributed by atoms with E-state index in [0.717, 1.165) is 53.7 Å². The predicted molar refractivity (Wildman–Crippen MR) is 98.2 cm³/mol.